The fraction of sp³-hybridized carbons (Fsp3) is 0.609. The van der Waals surface area contributed by atoms with Crippen LogP contribution >= 0.6 is 0 Å². The molecular formula is C23H35N3O4Si. The average Bonchev–Trinajstić information content (AvgIpc) is 3.26. The number of rotatable bonds is 4. The van der Waals surface area contributed by atoms with E-state index in [1.807, 2.05) is 45.0 Å². The Morgan fingerprint density at radius 1 is 1.16 bits per heavy atom. The van der Waals surface area contributed by atoms with Crippen LogP contribution in [0.1, 0.15) is 59.8 Å². The summed E-state index contributed by atoms with van der Waals surface area (Å²) in [5.41, 5.74) is 0.794. The van der Waals surface area contributed by atoms with Gasteiger partial charge < -0.3 is 13.7 Å². The molecule has 1 amide bonds. The minimum absolute atomic E-state index is 0.0817. The third-order valence-corrected chi connectivity index (χ3v) is 10.5. The summed E-state index contributed by atoms with van der Waals surface area (Å²) in [6.07, 6.45) is 1.91. The van der Waals surface area contributed by atoms with Crippen molar-refractivity contribution in [3.05, 3.63) is 36.2 Å². The Kier molecular flexibility index (Phi) is 6.35. The van der Waals surface area contributed by atoms with E-state index in [4.69, 9.17) is 13.7 Å². The van der Waals surface area contributed by atoms with Crippen molar-refractivity contribution in [1.29, 1.82) is 0 Å². The number of pyridine rings is 1. The molecular weight excluding hydrogens is 410 g/mol. The van der Waals surface area contributed by atoms with E-state index in [2.05, 4.69) is 44.0 Å². The molecule has 0 aliphatic carbocycles. The molecule has 0 radical (unpaired) electrons. The Morgan fingerprint density at radius 3 is 2.45 bits per heavy atom. The second kappa shape index (κ2) is 8.39. The van der Waals surface area contributed by atoms with Gasteiger partial charge in [0, 0.05) is 25.2 Å². The van der Waals surface area contributed by atoms with E-state index in [9.17, 15) is 4.79 Å². The fourth-order valence-electron chi connectivity index (χ4n) is 3.35. The third kappa shape index (κ3) is 5.54. The molecule has 31 heavy (non-hydrogen) atoms. The summed E-state index contributed by atoms with van der Waals surface area (Å²) >= 11 is 0. The molecule has 2 atom stereocenters. The lowest BCUT2D eigenvalue weighted by Crippen LogP contribution is -2.45. The standard InChI is InChI=1S/C23H35N3O4Si/c1-22(2,3)28-21(27)26-15-16(30-31(7,8)23(4,5)6)13-19(26)20-14-18(25-29-20)17-11-9-10-12-24-17/h9-12,14,16,19H,13,15H2,1-8H3/t16-,19+/m1/s1. The first-order chi connectivity index (χ1) is 14.3. The second-order valence-electron chi connectivity index (χ2n) is 10.7. The van der Waals surface area contributed by atoms with Crippen LogP contribution in [0, 0.1) is 0 Å². The maximum absolute atomic E-state index is 13.0. The number of nitrogens with zero attached hydrogens (tertiary/aromatic N) is 3. The molecule has 0 unspecified atom stereocenters. The normalized spacial score (nSPS) is 20.2. The highest BCUT2D eigenvalue weighted by Gasteiger charge is 2.46. The molecule has 3 rings (SSSR count). The van der Waals surface area contributed by atoms with Gasteiger partial charge >= 0.3 is 6.09 Å². The number of hydrogen-bond acceptors (Lipinski definition) is 6. The molecule has 8 heteroatoms. The van der Waals surface area contributed by atoms with Crippen LogP contribution in [0.25, 0.3) is 11.4 Å². The van der Waals surface area contributed by atoms with Crippen LogP contribution < -0.4 is 0 Å². The monoisotopic (exact) mass is 445 g/mol. The molecule has 1 saturated heterocycles. The Bertz CT molecular complexity index is 900. The molecule has 0 N–H and O–H groups in total. The van der Waals surface area contributed by atoms with Gasteiger partial charge in [0.1, 0.15) is 11.3 Å². The van der Waals surface area contributed by atoms with E-state index >= 15 is 0 Å². The molecule has 0 aromatic carbocycles. The lowest BCUT2D eigenvalue weighted by atomic mass is 10.1. The van der Waals surface area contributed by atoms with Gasteiger partial charge in [0.25, 0.3) is 0 Å². The van der Waals surface area contributed by atoms with Crippen molar-refractivity contribution in [2.45, 2.75) is 83.8 Å². The van der Waals surface area contributed by atoms with Gasteiger partial charge in [-0.3, -0.25) is 9.88 Å². The zero-order valence-corrected chi connectivity index (χ0v) is 20.9. The van der Waals surface area contributed by atoms with Gasteiger partial charge in [0.2, 0.25) is 0 Å². The molecule has 2 aromatic heterocycles. The first-order valence-corrected chi connectivity index (χ1v) is 13.7. The minimum Gasteiger partial charge on any atom is -0.444 e. The summed E-state index contributed by atoms with van der Waals surface area (Å²) in [6.45, 7) is 17.2. The van der Waals surface area contributed by atoms with Crippen LogP contribution in [0.5, 0.6) is 0 Å². The molecule has 1 aliphatic rings. The van der Waals surface area contributed by atoms with Gasteiger partial charge in [-0.05, 0) is 51.0 Å². The highest BCUT2D eigenvalue weighted by atomic mass is 28.4. The molecule has 7 nitrogen and oxygen atoms in total. The molecule has 0 bridgehead atoms. The van der Waals surface area contributed by atoms with Crippen LogP contribution in [0.15, 0.2) is 35.0 Å². The van der Waals surface area contributed by atoms with E-state index in [1.54, 1.807) is 11.1 Å². The number of amides is 1. The van der Waals surface area contributed by atoms with E-state index in [0.717, 1.165) is 5.69 Å². The molecule has 170 valence electrons. The maximum Gasteiger partial charge on any atom is 0.411 e. The van der Waals surface area contributed by atoms with Gasteiger partial charge in [-0.1, -0.05) is 32.0 Å². The first-order valence-electron chi connectivity index (χ1n) is 10.8. The van der Waals surface area contributed by atoms with Crippen molar-refractivity contribution in [2.24, 2.45) is 0 Å². The van der Waals surface area contributed by atoms with E-state index in [1.165, 1.54) is 0 Å². The zero-order chi connectivity index (χ0) is 23.0. The molecule has 1 aliphatic heterocycles. The lowest BCUT2D eigenvalue weighted by Gasteiger charge is -2.38. The Hall–Kier alpha value is -2.19. The summed E-state index contributed by atoms with van der Waals surface area (Å²) in [5.74, 6) is 0.618. The molecule has 3 heterocycles. The van der Waals surface area contributed by atoms with Gasteiger partial charge in [-0.2, -0.15) is 0 Å². The summed E-state index contributed by atoms with van der Waals surface area (Å²) < 4.78 is 18.0. The predicted octanol–water partition coefficient (Wildman–Crippen LogP) is 5.81. The largest absolute Gasteiger partial charge is 0.444 e. The molecule has 0 spiro atoms. The van der Waals surface area contributed by atoms with Crippen molar-refractivity contribution in [1.82, 2.24) is 15.0 Å². The van der Waals surface area contributed by atoms with Gasteiger partial charge in [-0.15, -0.1) is 0 Å². The quantitative estimate of drug-likeness (QED) is 0.553. The Labute approximate surface area is 186 Å². The summed E-state index contributed by atoms with van der Waals surface area (Å²) in [6, 6.07) is 7.20. The topological polar surface area (TPSA) is 77.7 Å². The van der Waals surface area contributed by atoms with Crippen LogP contribution in [0.2, 0.25) is 18.1 Å². The number of carbonyl (C=O) groups excluding carboxylic acids is 1. The predicted molar refractivity (Wildman–Crippen MR) is 122 cm³/mol. The number of hydrogen-bond donors (Lipinski definition) is 0. The van der Waals surface area contributed by atoms with Crippen LogP contribution in [-0.4, -0.2) is 47.7 Å². The van der Waals surface area contributed by atoms with Gasteiger partial charge in [0.05, 0.1) is 17.8 Å². The number of likely N-dealkylation sites (tertiary alicyclic amines) is 1. The van der Waals surface area contributed by atoms with E-state index in [0.29, 0.717) is 24.4 Å². The first kappa shape index (κ1) is 23.5. The smallest absolute Gasteiger partial charge is 0.411 e. The van der Waals surface area contributed by atoms with Crippen molar-refractivity contribution in [2.75, 3.05) is 6.54 Å². The van der Waals surface area contributed by atoms with Crippen molar-refractivity contribution in [3.63, 3.8) is 0 Å². The van der Waals surface area contributed by atoms with Gasteiger partial charge in [-0.25, -0.2) is 4.79 Å². The maximum atomic E-state index is 13.0. The summed E-state index contributed by atoms with van der Waals surface area (Å²) in [4.78, 5) is 19.1. The fourth-order valence-corrected chi connectivity index (χ4v) is 4.71. The zero-order valence-electron chi connectivity index (χ0n) is 19.9. The lowest BCUT2D eigenvalue weighted by molar-refractivity contribution is 0.0190. The van der Waals surface area contributed by atoms with Crippen molar-refractivity contribution < 1.29 is 18.5 Å². The SMILES string of the molecule is CC(C)(C)OC(=O)N1C[C@H](O[Si](C)(C)C(C)(C)C)C[C@H]1c1cc(-c2ccccn2)no1. The molecule has 1 fully saturated rings. The minimum atomic E-state index is -1.99. The second-order valence-corrected chi connectivity index (χ2v) is 15.5. The Balaban J connectivity index is 1.86. The summed E-state index contributed by atoms with van der Waals surface area (Å²) in [7, 11) is -1.99. The number of ether oxygens (including phenoxy) is 1. The highest BCUT2D eigenvalue weighted by molar-refractivity contribution is 6.74. The van der Waals surface area contributed by atoms with Crippen LogP contribution in [0.4, 0.5) is 4.79 Å². The van der Waals surface area contributed by atoms with E-state index in [-0.39, 0.29) is 23.3 Å². The average molecular weight is 446 g/mol. The van der Waals surface area contributed by atoms with Crippen molar-refractivity contribution in [3.8, 4) is 11.4 Å². The van der Waals surface area contributed by atoms with Crippen molar-refractivity contribution >= 4 is 14.4 Å². The highest BCUT2D eigenvalue weighted by Crippen LogP contribution is 2.42. The third-order valence-electron chi connectivity index (χ3n) is 5.94. The molecule has 2 aromatic rings. The van der Waals surface area contributed by atoms with Gasteiger partial charge in [0.15, 0.2) is 14.1 Å². The number of aromatic nitrogens is 2. The Morgan fingerprint density at radius 2 is 1.87 bits per heavy atom. The van der Waals surface area contributed by atoms with Crippen LogP contribution in [-0.2, 0) is 9.16 Å². The van der Waals surface area contributed by atoms with E-state index < -0.39 is 13.9 Å². The number of carbonyl (C=O) groups is 1. The summed E-state index contributed by atoms with van der Waals surface area (Å²) in [5, 5.41) is 4.27. The molecule has 0 saturated carbocycles. The van der Waals surface area contributed by atoms with Crippen LogP contribution in [0.3, 0.4) is 0 Å².